The third-order valence-corrected chi connectivity index (χ3v) is 12.2. The summed E-state index contributed by atoms with van der Waals surface area (Å²) in [5, 5.41) is 13.4. The average Bonchev–Trinajstić information content (AvgIpc) is 3.88. The van der Waals surface area contributed by atoms with Crippen LogP contribution in [0.25, 0.3) is 127 Å². The van der Waals surface area contributed by atoms with E-state index in [1.165, 1.54) is 10.8 Å². The van der Waals surface area contributed by atoms with Gasteiger partial charge in [-0.05, 0) is 56.3 Å². The molecule has 0 aliphatic rings. The van der Waals surface area contributed by atoms with Crippen LogP contribution in [-0.4, -0.2) is 19.5 Å². The molecule has 0 unspecified atom stereocenters. The molecular weight excluding hydrogens is 733 g/mol. The van der Waals surface area contributed by atoms with E-state index in [2.05, 4.69) is 187 Å². The van der Waals surface area contributed by atoms with Gasteiger partial charge >= 0.3 is 0 Å². The lowest BCUT2D eigenvalue weighted by Gasteiger charge is -2.15. The monoisotopic (exact) mass is 764 g/mol. The Morgan fingerprint density at radius 3 is 1.57 bits per heavy atom. The Kier molecular flexibility index (Phi) is 6.95. The molecule has 60 heavy (non-hydrogen) atoms. The molecule has 0 saturated carbocycles. The molecule has 3 heterocycles. The highest BCUT2D eigenvalue weighted by Crippen LogP contribution is 2.43. The van der Waals surface area contributed by atoms with Crippen molar-refractivity contribution < 1.29 is 4.42 Å². The van der Waals surface area contributed by atoms with Crippen LogP contribution in [0.1, 0.15) is 0 Å². The van der Waals surface area contributed by atoms with Crippen LogP contribution in [0.15, 0.2) is 199 Å². The van der Waals surface area contributed by atoms with Crippen LogP contribution in [-0.2, 0) is 0 Å². The molecule has 0 fully saturated rings. The highest BCUT2D eigenvalue weighted by Gasteiger charge is 2.24. The van der Waals surface area contributed by atoms with Gasteiger partial charge in [0.05, 0.1) is 11.0 Å². The van der Waals surface area contributed by atoms with Crippen LogP contribution in [0.5, 0.6) is 0 Å². The first-order valence-electron chi connectivity index (χ1n) is 20.3. The van der Waals surface area contributed by atoms with Crippen LogP contribution in [0.2, 0.25) is 0 Å². The smallest absolute Gasteiger partial charge is 0.238 e. The van der Waals surface area contributed by atoms with Crippen molar-refractivity contribution in [3.8, 4) is 39.9 Å². The predicted octanol–water partition coefficient (Wildman–Crippen LogP) is 14.5. The molecule has 0 radical (unpaired) electrons. The van der Waals surface area contributed by atoms with E-state index in [1.807, 2.05) is 12.1 Å². The van der Waals surface area contributed by atoms with Gasteiger partial charge in [0.25, 0.3) is 0 Å². The molecule has 0 atom stereocenters. The van der Waals surface area contributed by atoms with E-state index < -0.39 is 0 Å². The van der Waals surface area contributed by atoms with Crippen molar-refractivity contribution in [2.75, 3.05) is 0 Å². The number of rotatable bonds is 4. The Morgan fingerprint density at radius 2 is 0.867 bits per heavy atom. The van der Waals surface area contributed by atoms with Crippen molar-refractivity contribution >= 4 is 86.8 Å². The van der Waals surface area contributed by atoms with Crippen molar-refractivity contribution in [1.82, 2.24) is 19.5 Å². The Morgan fingerprint density at radius 1 is 0.350 bits per heavy atom. The van der Waals surface area contributed by atoms with E-state index in [4.69, 9.17) is 19.4 Å². The molecule has 0 N–H and O–H groups in total. The summed E-state index contributed by atoms with van der Waals surface area (Å²) >= 11 is 0. The maximum Gasteiger partial charge on any atom is 0.238 e. The summed E-state index contributed by atoms with van der Waals surface area (Å²) in [5.74, 6) is 1.70. The largest absolute Gasteiger partial charge is 0.455 e. The molecule has 10 aromatic carbocycles. The van der Waals surface area contributed by atoms with Crippen molar-refractivity contribution in [2.24, 2.45) is 0 Å². The van der Waals surface area contributed by atoms with Gasteiger partial charge in [0.15, 0.2) is 11.6 Å². The van der Waals surface area contributed by atoms with Crippen LogP contribution in [0, 0.1) is 0 Å². The number of hydrogen-bond acceptors (Lipinski definition) is 4. The van der Waals surface area contributed by atoms with E-state index in [1.54, 1.807) is 0 Å². The zero-order chi connectivity index (χ0) is 39.3. The fourth-order valence-corrected chi connectivity index (χ4v) is 9.47. The first-order chi connectivity index (χ1) is 29.7. The summed E-state index contributed by atoms with van der Waals surface area (Å²) in [6, 6.07) is 68.6. The number of fused-ring (bicyclic) bond motifs is 13. The second-order valence-corrected chi connectivity index (χ2v) is 15.5. The van der Waals surface area contributed by atoms with Gasteiger partial charge in [0, 0.05) is 48.8 Å². The summed E-state index contributed by atoms with van der Waals surface area (Å²) < 4.78 is 8.97. The van der Waals surface area contributed by atoms with Gasteiger partial charge in [-0.25, -0.2) is 4.98 Å². The van der Waals surface area contributed by atoms with Gasteiger partial charge in [0.1, 0.15) is 11.2 Å². The van der Waals surface area contributed by atoms with Crippen molar-refractivity contribution in [1.29, 1.82) is 0 Å². The first kappa shape index (κ1) is 32.9. The summed E-state index contributed by atoms with van der Waals surface area (Å²) in [4.78, 5) is 16.5. The molecule has 3 aromatic heterocycles. The second kappa shape index (κ2) is 12.7. The summed E-state index contributed by atoms with van der Waals surface area (Å²) in [6.07, 6.45) is 0. The third-order valence-electron chi connectivity index (χ3n) is 12.2. The molecule has 0 bridgehead atoms. The highest BCUT2D eigenvalue weighted by atomic mass is 16.3. The Labute approximate surface area is 343 Å². The molecule has 0 aliphatic carbocycles. The van der Waals surface area contributed by atoms with E-state index in [9.17, 15) is 0 Å². The Balaban J connectivity index is 1.17. The molecule has 0 amide bonds. The molecule has 13 aromatic rings. The highest BCUT2D eigenvalue weighted by molar-refractivity contribution is 6.24. The lowest BCUT2D eigenvalue weighted by molar-refractivity contribution is 0.672. The molecular formula is C55H32N4O. The van der Waals surface area contributed by atoms with Crippen LogP contribution < -0.4 is 0 Å². The standard InChI is InChI=1S/C55H32N4O/c1-2-16-37-32-38(25-24-33(37)12-1)39-17-9-10-21-45(39)53-56-54(47-22-11-23-48-49(47)46-31-28-36-15-5-8-20-42(36)52(46)60-48)58-55(57-53)59-50-40-18-6-3-13-34(40)26-29-43(50)44-30-27-35-14-4-7-19-41(35)51(44)59/h1-32H. The molecule has 278 valence electrons. The van der Waals surface area contributed by atoms with Crippen molar-refractivity contribution in [3.63, 3.8) is 0 Å². The lowest BCUT2D eigenvalue weighted by Crippen LogP contribution is -2.07. The molecule has 13 rings (SSSR count). The van der Waals surface area contributed by atoms with Gasteiger partial charge in [0.2, 0.25) is 5.95 Å². The van der Waals surface area contributed by atoms with Gasteiger partial charge in [-0.2, -0.15) is 9.97 Å². The molecule has 5 nitrogen and oxygen atoms in total. The quantitative estimate of drug-likeness (QED) is 0.179. The number of benzene rings is 10. The Hall–Kier alpha value is -8.15. The third kappa shape index (κ3) is 4.84. The summed E-state index contributed by atoms with van der Waals surface area (Å²) in [7, 11) is 0. The molecule has 5 heteroatoms. The van der Waals surface area contributed by atoms with Crippen LogP contribution in [0.3, 0.4) is 0 Å². The number of aromatic nitrogens is 4. The normalized spacial score (nSPS) is 12.0. The fourth-order valence-electron chi connectivity index (χ4n) is 9.47. The van der Waals surface area contributed by atoms with E-state index >= 15 is 0 Å². The maximum absolute atomic E-state index is 6.69. The second-order valence-electron chi connectivity index (χ2n) is 15.5. The zero-order valence-corrected chi connectivity index (χ0v) is 32.2. The predicted molar refractivity (Wildman–Crippen MR) is 248 cm³/mol. The van der Waals surface area contributed by atoms with E-state index in [0.717, 1.165) is 98.3 Å². The van der Waals surface area contributed by atoms with Crippen LogP contribution in [0.4, 0.5) is 0 Å². The van der Waals surface area contributed by atoms with Crippen LogP contribution >= 0.6 is 0 Å². The zero-order valence-electron chi connectivity index (χ0n) is 32.2. The molecule has 0 saturated heterocycles. The van der Waals surface area contributed by atoms with Gasteiger partial charge in [-0.15, -0.1) is 0 Å². The minimum Gasteiger partial charge on any atom is -0.455 e. The topological polar surface area (TPSA) is 56.7 Å². The van der Waals surface area contributed by atoms with Gasteiger partial charge < -0.3 is 4.42 Å². The minimum absolute atomic E-state index is 0.547. The van der Waals surface area contributed by atoms with Gasteiger partial charge in [-0.3, -0.25) is 4.57 Å². The van der Waals surface area contributed by atoms with E-state index in [0.29, 0.717) is 17.6 Å². The number of furan rings is 1. The van der Waals surface area contributed by atoms with E-state index in [-0.39, 0.29) is 0 Å². The summed E-state index contributed by atoms with van der Waals surface area (Å²) in [6.45, 7) is 0. The first-order valence-corrected chi connectivity index (χ1v) is 20.3. The van der Waals surface area contributed by atoms with Crippen molar-refractivity contribution in [2.45, 2.75) is 0 Å². The lowest BCUT2D eigenvalue weighted by atomic mass is 9.96. The summed E-state index contributed by atoms with van der Waals surface area (Å²) in [5.41, 5.74) is 7.69. The SMILES string of the molecule is c1ccc(-c2nc(-c3cccc4oc5c6ccccc6ccc5c34)nc(-n3c4c5ccccc5ccc4c4ccc5ccccc5c43)n2)c(-c2ccc3ccccc3c2)c1. The Bertz CT molecular complexity index is 3820. The minimum atomic E-state index is 0.547. The number of hydrogen-bond donors (Lipinski definition) is 0. The molecule has 0 aliphatic heterocycles. The fraction of sp³-hybridized carbons (Fsp3) is 0. The number of nitrogens with zero attached hydrogens (tertiary/aromatic N) is 4. The average molecular weight is 765 g/mol. The van der Waals surface area contributed by atoms with Gasteiger partial charge in [-0.1, -0.05) is 176 Å². The maximum atomic E-state index is 6.69. The molecule has 0 spiro atoms. The van der Waals surface area contributed by atoms with Crippen molar-refractivity contribution in [3.05, 3.63) is 194 Å².